The minimum Gasteiger partial charge on any atom is -0.456 e. The van der Waals surface area contributed by atoms with Crippen LogP contribution >= 0.6 is 39.5 Å². The van der Waals surface area contributed by atoms with Gasteiger partial charge in [-0.3, -0.25) is 34.3 Å². The van der Waals surface area contributed by atoms with Crippen molar-refractivity contribution in [1.29, 1.82) is 0 Å². The van der Waals surface area contributed by atoms with Crippen LogP contribution in [0, 0.1) is 10.1 Å². The summed E-state index contributed by atoms with van der Waals surface area (Å²) >= 11 is 6.55. The predicted octanol–water partition coefficient (Wildman–Crippen LogP) is 2.95. The molecule has 6 rings (SSSR count). The predicted molar refractivity (Wildman–Crippen MR) is 153 cm³/mol. The summed E-state index contributed by atoms with van der Waals surface area (Å²) in [7, 11) is 0. The van der Waals surface area contributed by atoms with E-state index in [0.29, 0.717) is 24.3 Å². The van der Waals surface area contributed by atoms with Crippen molar-refractivity contribution in [3.63, 3.8) is 0 Å². The Kier molecular flexibility index (Phi) is 7.32. The number of rotatable bonds is 7. The third-order valence-corrected chi connectivity index (χ3v) is 10.7. The van der Waals surface area contributed by atoms with Gasteiger partial charge in [-0.2, -0.15) is 5.10 Å². The van der Waals surface area contributed by atoms with Crippen LogP contribution in [0.4, 0.5) is 5.69 Å². The van der Waals surface area contributed by atoms with Crippen LogP contribution in [-0.2, 0) is 43.6 Å². The summed E-state index contributed by atoms with van der Waals surface area (Å²) in [6, 6.07) is 7.50. The van der Waals surface area contributed by atoms with E-state index in [4.69, 9.17) is 14.6 Å². The molecule has 1 amide bonds. The van der Waals surface area contributed by atoms with Gasteiger partial charge in [-0.1, -0.05) is 27.7 Å². The number of aromatic nitrogens is 2. The SMILES string of the molecule is CC(=O)OC(c1cc2n(n1)CCN(C1=NCCS1)C2)C1(Br)C(=O)N2C(C(=O)OCc3ccc([N+](=O)[O-])cc3)=CS[C@@H]21. The normalized spacial score (nSPS) is 23.7. The lowest BCUT2D eigenvalue weighted by atomic mass is 9.88. The van der Waals surface area contributed by atoms with E-state index >= 15 is 0 Å². The first kappa shape index (κ1) is 27.8. The first-order valence-electron chi connectivity index (χ1n) is 12.6. The molecule has 4 aliphatic heterocycles. The van der Waals surface area contributed by atoms with Crippen LogP contribution in [0.1, 0.15) is 30.0 Å². The molecular formula is C25H23BrN6O7S2. The highest BCUT2D eigenvalue weighted by Crippen LogP contribution is 2.58. The zero-order valence-electron chi connectivity index (χ0n) is 21.6. The number of hydrogen-bond donors (Lipinski definition) is 0. The lowest BCUT2D eigenvalue weighted by Gasteiger charge is -2.51. The first-order valence-corrected chi connectivity index (χ1v) is 15.3. The number of benzene rings is 1. The molecule has 214 valence electrons. The van der Waals surface area contributed by atoms with Crippen molar-refractivity contribution in [2.75, 3.05) is 18.8 Å². The zero-order valence-corrected chi connectivity index (χ0v) is 24.8. The highest BCUT2D eigenvalue weighted by molar-refractivity contribution is 9.10. The van der Waals surface area contributed by atoms with Gasteiger partial charge in [-0.05, 0) is 23.8 Å². The van der Waals surface area contributed by atoms with Gasteiger partial charge in [0.1, 0.15) is 23.4 Å². The number of halogens is 1. The summed E-state index contributed by atoms with van der Waals surface area (Å²) in [5.41, 5.74) is 1.92. The number of nitro groups is 1. The average molecular weight is 664 g/mol. The summed E-state index contributed by atoms with van der Waals surface area (Å²) in [4.78, 5) is 57.1. The monoisotopic (exact) mass is 662 g/mol. The van der Waals surface area contributed by atoms with Gasteiger partial charge in [0, 0.05) is 36.8 Å². The van der Waals surface area contributed by atoms with Crippen LogP contribution in [0.5, 0.6) is 0 Å². The second-order valence-electron chi connectivity index (χ2n) is 9.64. The lowest BCUT2D eigenvalue weighted by Crippen LogP contribution is -2.70. The molecule has 0 N–H and O–H groups in total. The Labute approximate surface area is 250 Å². The number of carbonyl (C=O) groups excluding carboxylic acids is 3. The molecule has 2 aromatic rings. The number of alkyl halides is 1. The molecule has 0 radical (unpaired) electrons. The number of nitro benzene ring substituents is 1. The Morgan fingerprint density at radius 1 is 1.29 bits per heavy atom. The van der Waals surface area contributed by atoms with Crippen LogP contribution in [0.15, 0.2) is 46.4 Å². The maximum absolute atomic E-state index is 13.6. The third-order valence-electron chi connectivity index (χ3n) is 7.03. The van der Waals surface area contributed by atoms with Crippen molar-refractivity contribution < 1.29 is 28.8 Å². The number of hydrogen-bond acceptors (Lipinski definition) is 12. The van der Waals surface area contributed by atoms with Crippen LogP contribution < -0.4 is 0 Å². The van der Waals surface area contributed by atoms with Gasteiger partial charge >= 0.3 is 11.9 Å². The zero-order chi connectivity index (χ0) is 28.9. The van der Waals surface area contributed by atoms with Gasteiger partial charge < -0.3 is 14.4 Å². The number of non-ortho nitro benzene ring substituents is 1. The van der Waals surface area contributed by atoms with E-state index in [2.05, 4.69) is 25.8 Å². The molecule has 1 fully saturated rings. The smallest absolute Gasteiger partial charge is 0.355 e. The number of fused-ring (bicyclic) bond motifs is 2. The molecule has 5 heterocycles. The molecule has 0 saturated carbocycles. The van der Waals surface area contributed by atoms with Crippen molar-refractivity contribution >= 4 is 68.2 Å². The lowest BCUT2D eigenvalue weighted by molar-refractivity contribution is -0.384. The Hall–Kier alpha value is -3.37. The highest BCUT2D eigenvalue weighted by Gasteiger charge is 2.69. The second-order valence-corrected chi connectivity index (χ2v) is 13.0. The topological polar surface area (TPSA) is 149 Å². The summed E-state index contributed by atoms with van der Waals surface area (Å²) in [5, 5.41) is 17.5. The van der Waals surface area contributed by atoms with Crippen LogP contribution in [-0.4, -0.2) is 76.1 Å². The largest absolute Gasteiger partial charge is 0.456 e. The van der Waals surface area contributed by atoms with Crippen molar-refractivity contribution in [2.24, 2.45) is 4.99 Å². The quantitative estimate of drug-likeness (QED) is 0.142. The van der Waals surface area contributed by atoms with Crippen LogP contribution in [0.3, 0.4) is 0 Å². The van der Waals surface area contributed by atoms with E-state index in [1.165, 1.54) is 47.9 Å². The van der Waals surface area contributed by atoms with Crippen LogP contribution in [0.2, 0.25) is 0 Å². The summed E-state index contributed by atoms with van der Waals surface area (Å²) in [5.74, 6) is -0.768. The van der Waals surface area contributed by atoms with Gasteiger partial charge in [0.25, 0.3) is 11.6 Å². The van der Waals surface area contributed by atoms with Crippen molar-refractivity contribution in [1.82, 2.24) is 19.6 Å². The van der Waals surface area contributed by atoms with Gasteiger partial charge in [-0.25, -0.2) is 4.79 Å². The average Bonchev–Trinajstić information content (AvgIpc) is 3.72. The fourth-order valence-electron chi connectivity index (χ4n) is 5.05. The summed E-state index contributed by atoms with van der Waals surface area (Å²) in [6.07, 6.45) is -1.03. The molecule has 41 heavy (non-hydrogen) atoms. The Bertz CT molecular complexity index is 1510. The highest BCUT2D eigenvalue weighted by atomic mass is 79.9. The minimum atomic E-state index is -1.35. The maximum atomic E-state index is 13.6. The number of nitrogens with zero attached hydrogens (tertiary/aromatic N) is 6. The molecule has 13 nitrogen and oxygen atoms in total. The van der Waals surface area contributed by atoms with Crippen LogP contribution in [0.25, 0.3) is 0 Å². The molecule has 3 atom stereocenters. The van der Waals surface area contributed by atoms with E-state index < -0.39 is 38.6 Å². The van der Waals surface area contributed by atoms with E-state index in [9.17, 15) is 24.5 Å². The molecule has 16 heteroatoms. The van der Waals surface area contributed by atoms with E-state index in [0.717, 1.165) is 29.7 Å². The summed E-state index contributed by atoms with van der Waals surface area (Å²) in [6.45, 7) is 3.94. The number of β-lactam (4-membered cyclic amide) rings is 1. The Balaban J connectivity index is 1.17. The van der Waals surface area contributed by atoms with Crippen molar-refractivity contribution in [3.05, 3.63) is 68.5 Å². The van der Waals surface area contributed by atoms with Gasteiger partial charge in [0.05, 0.1) is 30.3 Å². The van der Waals surface area contributed by atoms with Gasteiger partial charge in [-0.15, -0.1) is 11.8 Å². The van der Waals surface area contributed by atoms with Gasteiger partial charge in [0.15, 0.2) is 15.6 Å². The molecule has 1 aromatic heterocycles. The third kappa shape index (κ3) is 4.91. The minimum absolute atomic E-state index is 0.0678. The number of carbonyl (C=O) groups is 3. The molecule has 1 aromatic carbocycles. The van der Waals surface area contributed by atoms with E-state index in [1.807, 2.05) is 10.7 Å². The van der Waals surface area contributed by atoms with Crippen molar-refractivity contribution in [3.8, 4) is 0 Å². The molecular weight excluding hydrogens is 640 g/mol. The molecule has 4 aliphatic rings. The van der Waals surface area contributed by atoms with E-state index in [1.54, 1.807) is 17.2 Å². The number of ether oxygens (including phenoxy) is 2. The van der Waals surface area contributed by atoms with Crippen molar-refractivity contribution in [2.45, 2.75) is 42.4 Å². The maximum Gasteiger partial charge on any atom is 0.355 e. The second kappa shape index (κ2) is 10.8. The molecule has 0 spiro atoms. The number of aliphatic imine (C=N–C) groups is 1. The first-order chi connectivity index (χ1) is 19.7. The number of amidine groups is 1. The Morgan fingerprint density at radius 2 is 2.07 bits per heavy atom. The summed E-state index contributed by atoms with van der Waals surface area (Å²) < 4.78 is 11.6. The van der Waals surface area contributed by atoms with E-state index in [-0.39, 0.29) is 18.0 Å². The van der Waals surface area contributed by atoms with Gasteiger partial charge in [0.2, 0.25) is 0 Å². The molecule has 2 unspecified atom stereocenters. The molecule has 1 saturated heterocycles. The fraction of sp³-hybridized carbons (Fsp3) is 0.400. The Morgan fingerprint density at radius 3 is 2.76 bits per heavy atom. The number of esters is 2. The number of thioether (sulfide) groups is 2. The molecule has 0 bridgehead atoms. The standard InChI is InChI=1S/C25H23BrN6O7S2/c1-14(33)39-20(18-10-17-11-29(7-8-30(17)28-18)24-27-6-9-40-24)25(26)22(35)31-19(13-41-23(25)31)21(34)38-12-15-2-4-16(5-3-15)32(36)37/h2-5,10,13,20,23H,6-9,11-12H2,1H3/t20?,23-,25?/m1/s1. The molecule has 0 aliphatic carbocycles. The fourth-order valence-corrected chi connectivity index (χ4v) is 8.20. The number of amides is 1.